The molecule has 85 valence electrons. The van der Waals surface area contributed by atoms with Crippen molar-refractivity contribution in [2.75, 3.05) is 13.1 Å². The van der Waals surface area contributed by atoms with Crippen molar-refractivity contribution >= 4 is 12.3 Å². The Labute approximate surface area is 84.4 Å². The van der Waals surface area contributed by atoms with Crippen molar-refractivity contribution in [3.8, 4) is 0 Å². The zero-order valence-corrected chi connectivity index (χ0v) is 7.80. The van der Waals surface area contributed by atoms with Crippen molar-refractivity contribution in [1.82, 2.24) is 10.2 Å². The van der Waals surface area contributed by atoms with Gasteiger partial charge in [0.15, 0.2) is 0 Å². The first-order valence-electron chi connectivity index (χ1n) is 4.44. The van der Waals surface area contributed by atoms with Crippen molar-refractivity contribution in [3.63, 3.8) is 0 Å². The molecule has 15 heavy (non-hydrogen) atoms. The number of hydrogen-bond acceptors (Lipinski definition) is 2. The maximum atomic E-state index is 11.9. The van der Waals surface area contributed by atoms with E-state index in [-0.39, 0.29) is 0 Å². The van der Waals surface area contributed by atoms with Crippen LogP contribution in [0, 0.1) is 0 Å². The van der Waals surface area contributed by atoms with E-state index in [1.807, 2.05) is 5.32 Å². The van der Waals surface area contributed by atoms with E-state index in [1.165, 1.54) is 4.90 Å². The molecule has 1 N–H and O–H groups in total. The summed E-state index contributed by atoms with van der Waals surface area (Å²) >= 11 is 0. The fourth-order valence-corrected chi connectivity index (χ4v) is 1.38. The van der Waals surface area contributed by atoms with Crippen LogP contribution in [-0.2, 0) is 9.59 Å². The third-order valence-electron chi connectivity index (χ3n) is 2.22. The number of rotatable bonds is 2. The van der Waals surface area contributed by atoms with Gasteiger partial charge in [-0.15, -0.1) is 0 Å². The monoisotopic (exact) mass is 223 g/mol. The van der Waals surface area contributed by atoms with Crippen molar-refractivity contribution in [2.45, 2.75) is 25.1 Å². The highest BCUT2D eigenvalue weighted by molar-refractivity contribution is 5.81. The minimum absolute atomic E-state index is 0.326. The predicted molar refractivity (Wildman–Crippen MR) is 44.5 cm³/mol. The molecule has 0 atom stereocenters. The number of alkyl halides is 3. The molecule has 7 heteroatoms. The van der Waals surface area contributed by atoms with Crippen molar-refractivity contribution < 1.29 is 22.8 Å². The molecule has 0 saturated carbocycles. The molecular formula is C8H10F3N2O2. The normalized spacial score (nSPS) is 18.7. The molecule has 1 fully saturated rings. The van der Waals surface area contributed by atoms with Gasteiger partial charge in [-0.25, -0.2) is 0 Å². The summed E-state index contributed by atoms with van der Waals surface area (Å²) in [6.45, 7) is 0.651. The van der Waals surface area contributed by atoms with Crippen LogP contribution in [0.1, 0.15) is 12.8 Å². The predicted octanol–water partition coefficient (Wildman–Crippen LogP) is 0.196. The Hall–Kier alpha value is -1.27. The van der Waals surface area contributed by atoms with E-state index >= 15 is 0 Å². The zero-order valence-electron chi connectivity index (χ0n) is 7.80. The van der Waals surface area contributed by atoms with E-state index < -0.39 is 18.1 Å². The Morgan fingerprint density at radius 3 is 2.27 bits per heavy atom. The van der Waals surface area contributed by atoms with Gasteiger partial charge in [-0.3, -0.25) is 9.59 Å². The number of amides is 2. The summed E-state index contributed by atoms with van der Waals surface area (Å²) in [5, 5.41) is 1.88. The Morgan fingerprint density at radius 1 is 1.33 bits per heavy atom. The SMILES string of the molecule is O=[C]N1CCC(NC(=O)C(F)(F)F)CC1. The fourth-order valence-electron chi connectivity index (χ4n) is 1.38. The lowest BCUT2D eigenvalue weighted by atomic mass is 10.1. The molecule has 4 nitrogen and oxygen atoms in total. The minimum atomic E-state index is -4.84. The maximum Gasteiger partial charge on any atom is 0.471 e. The highest BCUT2D eigenvalue weighted by atomic mass is 19.4. The highest BCUT2D eigenvalue weighted by Gasteiger charge is 2.39. The maximum absolute atomic E-state index is 11.9. The first-order valence-corrected chi connectivity index (χ1v) is 4.44. The standard InChI is InChI=1S/C8H10F3N2O2/c9-8(10,11)7(15)12-6-1-3-13(5-14)4-2-6/h6H,1-4H2,(H,12,15). The molecule has 1 aliphatic rings. The van der Waals surface area contributed by atoms with Crippen LogP contribution >= 0.6 is 0 Å². The molecule has 1 rings (SSSR count). The number of nitrogens with zero attached hydrogens (tertiary/aromatic N) is 1. The average molecular weight is 223 g/mol. The molecule has 0 aromatic heterocycles. The average Bonchev–Trinajstić information content (AvgIpc) is 2.17. The molecule has 1 aliphatic heterocycles. The molecule has 0 aliphatic carbocycles. The van der Waals surface area contributed by atoms with Crippen LogP contribution in [0.2, 0.25) is 0 Å². The van der Waals surface area contributed by atoms with E-state index in [4.69, 9.17) is 0 Å². The lowest BCUT2D eigenvalue weighted by molar-refractivity contribution is -0.174. The van der Waals surface area contributed by atoms with E-state index in [9.17, 15) is 22.8 Å². The molecule has 0 aromatic carbocycles. The lowest BCUT2D eigenvalue weighted by Crippen LogP contribution is -2.48. The van der Waals surface area contributed by atoms with Crippen LogP contribution in [0.5, 0.6) is 0 Å². The van der Waals surface area contributed by atoms with Crippen LogP contribution in [0.4, 0.5) is 13.2 Å². The number of hydrogen-bond donors (Lipinski definition) is 1. The van der Waals surface area contributed by atoms with Gasteiger partial charge in [0.05, 0.1) is 0 Å². The van der Waals surface area contributed by atoms with Crippen LogP contribution < -0.4 is 5.32 Å². The molecule has 1 saturated heterocycles. The molecule has 0 bridgehead atoms. The van der Waals surface area contributed by atoms with Crippen LogP contribution in [0.15, 0.2) is 0 Å². The molecule has 1 radical (unpaired) electrons. The van der Waals surface area contributed by atoms with Crippen LogP contribution in [0.3, 0.4) is 0 Å². The van der Waals surface area contributed by atoms with E-state index in [1.54, 1.807) is 6.41 Å². The van der Waals surface area contributed by atoms with Crippen molar-refractivity contribution in [2.24, 2.45) is 0 Å². The summed E-state index contributed by atoms with van der Waals surface area (Å²) in [7, 11) is 0. The second kappa shape index (κ2) is 4.50. The number of carbonyl (C=O) groups excluding carboxylic acids is 2. The van der Waals surface area contributed by atoms with E-state index in [0.717, 1.165) is 0 Å². The molecule has 2 amide bonds. The smallest absolute Gasteiger partial charge is 0.345 e. The van der Waals surface area contributed by atoms with E-state index in [0.29, 0.717) is 25.9 Å². The molecule has 1 heterocycles. The number of nitrogens with one attached hydrogen (secondary N) is 1. The van der Waals surface area contributed by atoms with Crippen molar-refractivity contribution in [1.29, 1.82) is 0 Å². The van der Waals surface area contributed by atoms with E-state index in [2.05, 4.69) is 0 Å². The first-order chi connectivity index (χ1) is 6.93. The van der Waals surface area contributed by atoms with Crippen molar-refractivity contribution in [3.05, 3.63) is 0 Å². The topological polar surface area (TPSA) is 49.4 Å². The Balaban J connectivity index is 2.36. The molecule has 0 aromatic rings. The summed E-state index contributed by atoms with van der Waals surface area (Å²) in [6, 6.07) is -0.510. The zero-order chi connectivity index (χ0) is 11.5. The second-order valence-corrected chi connectivity index (χ2v) is 3.32. The third-order valence-corrected chi connectivity index (χ3v) is 2.22. The van der Waals surface area contributed by atoms with Gasteiger partial charge in [0.1, 0.15) is 0 Å². The number of halogens is 3. The molecule has 0 spiro atoms. The van der Waals surface area contributed by atoms with Gasteiger partial charge in [0.2, 0.25) is 0 Å². The Kier molecular flexibility index (Phi) is 3.54. The summed E-state index contributed by atoms with van der Waals surface area (Å²) in [6.07, 6.45) is -2.52. The Bertz CT molecular complexity index is 247. The quantitative estimate of drug-likeness (QED) is 0.726. The minimum Gasteiger partial charge on any atom is -0.345 e. The summed E-state index contributed by atoms with van der Waals surface area (Å²) < 4.78 is 35.6. The Morgan fingerprint density at radius 2 is 1.87 bits per heavy atom. The summed E-state index contributed by atoms with van der Waals surface area (Å²) in [5.74, 6) is -1.92. The van der Waals surface area contributed by atoms with Gasteiger partial charge in [-0.1, -0.05) is 0 Å². The second-order valence-electron chi connectivity index (χ2n) is 3.32. The number of likely N-dealkylation sites (tertiary alicyclic amines) is 1. The van der Waals surface area contributed by atoms with Gasteiger partial charge in [0, 0.05) is 19.1 Å². The third kappa shape index (κ3) is 3.41. The van der Waals surface area contributed by atoms with Gasteiger partial charge >= 0.3 is 18.5 Å². The number of carbonyl (C=O) groups is 1. The molecular weight excluding hydrogens is 213 g/mol. The van der Waals surface area contributed by atoms with Gasteiger partial charge in [-0.05, 0) is 12.8 Å². The fraction of sp³-hybridized carbons (Fsp3) is 0.750. The highest BCUT2D eigenvalue weighted by Crippen LogP contribution is 2.16. The van der Waals surface area contributed by atoms with Gasteiger partial charge in [-0.2, -0.15) is 13.2 Å². The van der Waals surface area contributed by atoms with Crippen LogP contribution in [-0.4, -0.2) is 42.5 Å². The molecule has 0 unspecified atom stereocenters. The largest absolute Gasteiger partial charge is 0.471 e. The number of piperidine rings is 1. The first kappa shape index (κ1) is 11.8. The summed E-state index contributed by atoms with van der Waals surface area (Å²) in [4.78, 5) is 22.1. The van der Waals surface area contributed by atoms with Crippen LogP contribution in [0.25, 0.3) is 0 Å². The lowest BCUT2D eigenvalue weighted by Gasteiger charge is -2.29. The van der Waals surface area contributed by atoms with Gasteiger partial charge in [0.25, 0.3) is 0 Å². The summed E-state index contributed by atoms with van der Waals surface area (Å²) in [5.41, 5.74) is 0. The van der Waals surface area contributed by atoms with Gasteiger partial charge < -0.3 is 10.2 Å².